The molecule has 14 nitrogen and oxygen atoms in total. The van der Waals surface area contributed by atoms with Crippen LogP contribution in [-0.2, 0) is 45.0 Å². The molecule has 0 unspecified atom stereocenters. The highest BCUT2D eigenvalue weighted by molar-refractivity contribution is 7.90. The summed E-state index contributed by atoms with van der Waals surface area (Å²) >= 11 is 0. The van der Waals surface area contributed by atoms with Crippen LogP contribution < -0.4 is 21.7 Å². The molecular weight excluding hydrogens is 572 g/mol. The maximum absolute atomic E-state index is 13.1. The van der Waals surface area contributed by atoms with E-state index in [1.54, 1.807) is 20.8 Å². The third-order valence-electron chi connectivity index (χ3n) is 5.38. The summed E-state index contributed by atoms with van der Waals surface area (Å²) in [7, 11) is -3.39. The van der Waals surface area contributed by atoms with Crippen LogP contribution in [-0.4, -0.2) is 81.2 Å². The van der Waals surface area contributed by atoms with Crippen molar-refractivity contribution in [1.29, 1.82) is 0 Å². The fourth-order valence-electron chi connectivity index (χ4n) is 3.36. The average molecular weight is 615 g/mol. The lowest BCUT2D eigenvalue weighted by atomic mass is 10.1. The Morgan fingerprint density at radius 1 is 0.905 bits per heavy atom. The number of esters is 1. The molecule has 5 N–H and O–H groups in total. The highest BCUT2D eigenvalue weighted by Gasteiger charge is 2.30. The quantitative estimate of drug-likeness (QED) is 0.112. The molecule has 0 bridgehead atoms. The summed E-state index contributed by atoms with van der Waals surface area (Å²) in [6, 6.07) is 6.76. The van der Waals surface area contributed by atoms with E-state index < -0.39 is 69.9 Å². The van der Waals surface area contributed by atoms with Crippen molar-refractivity contribution >= 4 is 39.8 Å². The van der Waals surface area contributed by atoms with Gasteiger partial charge in [-0.1, -0.05) is 30.3 Å². The molecule has 0 aliphatic carbocycles. The molecule has 0 aromatic heterocycles. The zero-order chi connectivity index (χ0) is 31.8. The first-order valence-corrected chi connectivity index (χ1v) is 15.5. The number of amides is 4. The van der Waals surface area contributed by atoms with Crippen molar-refractivity contribution < 1.29 is 46.6 Å². The van der Waals surface area contributed by atoms with Crippen LogP contribution in [0.5, 0.6) is 0 Å². The maximum atomic E-state index is 13.1. The number of sulfone groups is 1. The monoisotopic (exact) mass is 614 g/mol. The Bertz CT molecular complexity index is 1150. The lowest BCUT2D eigenvalue weighted by Gasteiger charge is -2.26. The minimum absolute atomic E-state index is 0.121. The maximum Gasteiger partial charge on any atom is 0.407 e. The summed E-state index contributed by atoms with van der Waals surface area (Å²) in [5, 5.41) is 7.44. The summed E-state index contributed by atoms with van der Waals surface area (Å²) in [5.74, 6) is -2.65. The third-order valence-corrected chi connectivity index (χ3v) is 6.29. The zero-order valence-corrected chi connectivity index (χ0v) is 25.3. The van der Waals surface area contributed by atoms with Crippen molar-refractivity contribution in [2.75, 3.05) is 25.2 Å². The van der Waals surface area contributed by atoms with Crippen LogP contribution in [0, 0.1) is 0 Å². The van der Waals surface area contributed by atoms with E-state index in [-0.39, 0.29) is 32.4 Å². The average Bonchev–Trinajstić information content (AvgIpc) is 2.87. The van der Waals surface area contributed by atoms with Gasteiger partial charge in [0.05, 0.1) is 5.75 Å². The number of hydrogen-bond acceptors (Lipinski definition) is 10. The molecule has 0 fully saturated rings. The van der Waals surface area contributed by atoms with Gasteiger partial charge in [0.25, 0.3) is 0 Å². The van der Waals surface area contributed by atoms with E-state index in [0.29, 0.717) is 12.8 Å². The van der Waals surface area contributed by atoms with Crippen LogP contribution >= 0.6 is 0 Å². The highest BCUT2D eigenvalue weighted by Crippen LogP contribution is 2.12. The first-order valence-electron chi connectivity index (χ1n) is 13.4. The second-order valence-corrected chi connectivity index (χ2v) is 12.8. The summed E-state index contributed by atoms with van der Waals surface area (Å²) in [5.41, 5.74) is 5.18. The van der Waals surface area contributed by atoms with E-state index in [4.69, 9.17) is 19.9 Å². The van der Waals surface area contributed by atoms with Gasteiger partial charge >= 0.3 is 18.2 Å². The van der Waals surface area contributed by atoms with Gasteiger partial charge in [-0.05, 0) is 52.0 Å². The number of hydrogen-bond donors (Lipinski definition) is 4. The molecule has 42 heavy (non-hydrogen) atoms. The van der Waals surface area contributed by atoms with Gasteiger partial charge in [0.1, 0.15) is 30.9 Å². The van der Waals surface area contributed by atoms with Crippen molar-refractivity contribution in [1.82, 2.24) is 16.0 Å². The minimum Gasteiger partial charge on any atom is -0.458 e. The lowest BCUT2D eigenvalue weighted by molar-refractivity contribution is -0.159. The van der Waals surface area contributed by atoms with Gasteiger partial charge in [-0.2, -0.15) is 0 Å². The predicted molar refractivity (Wildman–Crippen MR) is 153 cm³/mol. The van der Waals surface area contributed by atoms with E-state index >= 15 is 0 Å². The van der Waals surface area contributed by atoms with Crippen LogP contribution in [0.4, 0.5) is 9.59 Å². The Balaban J connectivity index is 2.73. The molecule has 236 valence electrons. The number of carbonyl (C=O) groups excluding carboxylic acids is 5. The molecule has 15 heteroatoms. The Morgan fingerprint density at radius 3 is 2.17 bits per heavy atom. The van der Waals surface area contributed by atoms with E-state index in [1.807, 2.05) is 30.3 Å². The van der Waals surface area contributed by atoms with Crippen molar-refractivity contribution in [3.63, 3.8) is 0 Å². The molecule has 1 aromatic carbocycles. The van der Waals surface area contributed by atoms with Gasteiger partial charge in [-0.15, -0.1) is 0 Å². The molecule has 0 saturated heterocycles. The second-order valence-electron chi connectivity index (χ2n) is 10.5. The number of carbonyl (C=O) groups is 5. The fraction of sp³-hybridized carbons (Fsp3) is 0.593. The molecule has 2 atom stereocenters. The van der Waals surface area contributed by atoms with Crippen LogP contribution in [0.2, 0.25) is 0 Å². The number of primary amides is 1. The van der Waals surface area contributed by atoms with Crippen LogP contribution in [0.25, 0.3) is 0 Å². The van der Waals surface area contributed by atoms with E-state index in [0.717, 1.165) is 11.8 Å². The van der Waals surface area contributed by atoms with E-state index in [2.05, 4.69) is 16.0 Å². The van der Waals surface area contributed by atoms with Gasteiger partial charge in [-0.25, -0.2) is 22.8 Å². The molecule has 0 aliphatic rings. The molecular formula is C27H42N4O10S. The number of nitrogens with two attached hydrogens (primary N) is 1. The van der Waals surface area contributed by atoms with E-state index in [1.165, 1.54) is 0 Å². The van der Waals surface area contributed by atoms with Gasteiger partial charge in [0.15, 0.2) is 9.84 Å². The summed E-state index contributed by atoms with van der Waals surface area (Å²) in [4.78, 5) is 61.3. The largest absolute Gasteiger partial charge is 0.458 e. The summed E-state index contributed by atoms with van der Waals surface area (Å²) in [6.45, 7) is 4.93. The van der Waals surface area contributed by atoms with Crippen molar-refractivity contribution in [3.05, 3.63) is 35.9 Å². The van der Waals surface area contributed by atoms with Crippen LogP contribution in [0.15, 0.2) is 30.3 Å². The van der Waals surface area contributed by atoms with Gasteiger partial charge in [0, 0.05) is 19.2 Å². The first kappa shape index (κ1) is 36.1. The van der Waals surface area contributed by atoms with Crippen molar-refractivity contribution in [3.8, 4) is 0 Å². The normalized spacial score (nSPS) is 12.8. The number of rotatable bonds is 17. The molecule has 1 aromatic rings. The molecule has 4 amide bonds. The molecule has 1 rings (SSSR count). The smallest absolute Gasteiger partial charge is 0.407 e. The highest BCUT2D eigenvalue weighted by atomic mass is 32.2. The number of ether oxygens (including phenoxy) is 3. The second kappa shape index (κ2) is 17.8. The zero-order valence-electron chi connectivity index (χ0n) is 24.5. The topological polar surface area (TPSA) is 209 Å². The lowest BCUT2D eigenvalue weighted by Crippen LogP contribution is -2.53. The van der Waals surface area contributed by atoms with Crippen LogP contribution in [0.3, 0.4) is 0 Å². The Morgan fingerprint density at radius 2 is 1.57 bits per heavy atom. The molecule has 0 radical (unpaired) electrons. The summed E-state index contributed by atoms with van der Waals surface area (Å²) in [6.07, 6.45) is -0.166. The molecule has 0 aliphatic heterocycles. The Kier molecular flexibility index (Phi) is 15.3. The number of benzene rings is 1. The fourth-order valence-corrected chi connectivity index (χ4v) is 3.74. The predicted octanol–water partition coefficient (Wildman–Crippen LogP) is 1.31. The Hall–Kier alpha value is -3.88. The molecule has 0 spiro atoms. The number of nitrogens with one attached hydrogen (secondary N) is 3. The molecule has 0 saturated carbocycles. The molecule has 0 heterocycles. The Labute approximate surface area is 246 Å². The van der Waals surface area contributed by atoms with Crippen LogP contribution in [0.1, 0.15) is 58.4 Å². The third kappa shape index (κ3) is 17.7. The van der Waals surface area contributed by atoms with Gasteiger partial charge in [-0.3, -0.25) is 9.59 Å². The number of alkyl carbamates (subject to hydrolysis) is 2. The SMILES string of the molecule is CC(C)(C)OC(=O)[C@H](CCCCNC(=O)OCc1ccccc1)NC(=O)[C@H](CCC(N)=O)NC(=O)OCCS(C)(=O)=O. The van der Waals surface area contributed by atoms with Crippen molar-refractivity contribution in [2.45, 2.75) is 77.2 Å². The minimum atomic E-state index is -3.39. The van der Waals surface area contributed by atoms with E-state index in [9.17, 15) is 32.4 Å². The van der Waals surface area contributed by atoms with Gasteiger partial charge in [0.2, 0.25) is 11.8 Å². The summed E-state index contributed by atoms with van der Waals surface area (Å²) < 4.78 is 37.9. The number of unbranched alkanes of at least 4 members (excludes halogenated alkanes) is 1. The standard InChI is InChI=1S/C27H42N4O10S/c1-27(2,3)41-24(34)21(12-8-9-15-29-25(35)40-18-19-10-6-5-7-11-19)30-23(33)20(13-14-22(28)32)31-26(36)39-16-17-42(4,37)38/h5-7,10-11,20-21H,8-9,12-18H2,1-4H3,(H2,28,32)(H,29,35)(H,30,33)(H,31,36)/t20-,21-/m0/s1. The van der Waals surface area contributed by atoms with Gasteiger partial charge < -0.3 is 35.9 Å². The first-order chi connectivity index (χ1) is 19.6. The van der Waals surface area contributed by atoms with Crippen molar-refractivity contribution in [2.24, 2.45) is 5.73 Å².